The van der Waals surface area contributed by atoms with Crippen molar-refractivity contribution >= 4 is 27.7 Å². The number of imide groups is 1. The SMILES string of the molecule is O=C1C=C(Br)C(=O)N1. The third kappa shape index (κ3) is 0.790. The van der Waals surface area contributed by atoms with Gasteiger partial charge in [-0.05, 0) is 15.9 Å². The molecule has 2 amide bonds. The van der Waals surface area contributed by atoms with Crippen molar-refractivity contribution in [2.75, 3.05) is 0 Å². The predicted molar refractivity (Wildman–Crippen MR) is 30.2 cm³/mol. The van der Waals surface area contributed by atoms with Crippen molar-refractivity contribution in [3.05, 3.63) is 10.6 Å². The molecule has 4 heteroatoms. The molecular formula is C4H2BrNO2. The molecule has 42 valence electrons. The predicted octanol–water partition coefficient (Wildman–Crippen LogP) is -0.0784. The summed E-state index contributed by atoms with van der Waals surface area (Å²) in [6.07, 6.45) is 1.20. The van der Waals surface area contributed by atoms with Gasteiger partial charge in [0.15, 0.2) is 0 Å². The van der Waals surface area contributed by atoms with E-state index in [0.29, 0.717) is 4.48 Å². The highest BCUT2D eigenvalue weighted by atomic mass is 79.9. The van der Waals surface area contributed by atoms with E-state index in [4.69, 9.17) is 0 Å². The van der Waals surface area contributed by atoms with E-state index < -0.39 is 0 Å². The maximum Gasteiger partial charge on any atom is 0.265 e. The van der Waals surface area contributed by atoms with Crippen LogP contribution in [0.4, 0.5) is 0 Å². The molecule has 0 aromatic rings. The minimum absolute atomic E-state index is 0.294. The zero-order valence-electron chi connectivity index (χ0n) is 3.77. The van der Waals surface area contributed by atoms with E-state index in [1.165, 1.54) is 6.08 Å². The summed E-state index contributed by atoms with van der Waals surface area (Å²) in [6.45, 7) is 0. The number of rotatable bonds is 0. The van der Waals surface area contributed by atoms with Crippen LogP contribution in [0.1, 0.15) is 0 Å². The molecule has 0 bridgehead atoms. The first-order valence-electron chi connectivity index (χ1n) is 1.92. The molecule has 0 atom stereocenters. The van der Waals surface area contributed by atoms with Crippen molar-refractivity contribution in [1.29, 1.82) is 0 Å². The third-order valence-corrected chi connectivity index (χ3v) is 1.30. The van der Waals surface area contributed by atoms with Gasteiger partial charge in [0.1, 0.15) is 0 Å². The Bertz CT molecular complexity index is 184. The van der Waals surface area contributed by atoms with E-state index in [2.05, 4.69) is 15.9 Å². The van der Waals surface area contributed by atoms with Crippen LogP contribution in [0.5, 0.6) is 0 Å². The average molecular weight is 176 g/mol. The van der Waals surface area contributed by atoms with Crippen molar-refractivity contribution in [3.8, 4) is 0 Å². The number of carbonyl (C=O) groups is 2. The number of hydrogen-bond donors (Lipinski definition) is 1. The third-order valence-electron chi connectivity index (χ3n) is 0.711. The summed E-state index contributed by atoms with van der Waals surface area (Å²) in [5.74, 6) is -0.725. The summed E-state index contributed by atoms with van der Waals surface area (Å²) in [5.41, 5.74) is 0. The average Bonchev–Trinajstić information content (AvgIpc) is 1.85. The molecule has 0 saturated carbocycles. The summed E-state index contributed by atoms with van der Waals surface area (Å²) in [7, 11) is 0. The topological polar surface area (TPSA) is 46.2 Å². The zero-order chi connectivity index (χ0) is 6.15. The Balaban J connectivity index is 2.88. The van der Waals surface area contributed by atoms with Crippen LogP contribution in [0.15, 0.2) is 10.6 Å². The maximum atomic E-state index is 10.3. The van der Waals surface area contributed by atoms with Crippen molar-refractivity contribution in [1.82, 2.24) is 5.32 Å². The van der Waals surface area contributed by atoms with Crippen molar-refractivity contribution in [3.63, 3.8) is 0 Å². The number of carbonyl (C=O) groups excluding carboxylic acids is 2. The van der Waals surface area contributed by atoms with E-state index in [9.17, 15) is 9.59 Å². The molecule has 3 nitrogen and oxygen atoms in total. The van der Waals surface area contributed by atoms with Crippen LogP contribution in [0.2, 0.25) is 0 Å². The molecule has 0 radical (unpaired) electrons. The van der Waals surface area contributed by atoms with E-state index >= 15 is 0 Å². The first kappa shape index (κ1) is 5.50. The lowest BCUT2D eigenvalue weighted by molar-refractivity contribution is -0.123. The smallest absolute Gasteiger partial charge is 0.265 e. The van der Waals surface area contributed by atoms with Gasteiger partial charge in [0.05, 0.1) is 4.48 Å². The molecule has 0 spiro atoms. The van der Waals surface area contributed by atoms with E-state index in [1.54, 1.807) is 0 Å². The molecule has 0 fully saturated rings. The van der Waals surface area contributed by atoms with Crippen LogP contribution in [0.3, 0.4) is 0 Å². The number of hydrogen-bond acceptors (Lipinski definition) is 2. The minimum Gasteiger partial charge on any atom is -0.288 e. The quantitative estimate of drug-likeness (QED) is 0.524. The van der Waals surface area contributed by atoms with Gasteiger partial charge in [-0.3, -0.25) is 14.9 Å². The second kappa shape index (κ2) is 1.70. The molecule has 0 aliphatic carbocycles. The van der Waals surface area contributed by atoms with Crippen LogP contribution >= 0.6 is 15.9 Å². The molecule has 1 aliphatic heterocycles. The van der Waals surface area contributed by atoms with Crippen molar-refractivity contribution in [2.24, 2.45) is 0 Å². The Kier molecular flexibility index (Phi) is 1.17. The summed E-state index contributed by atoms with van der Waals surface area (Å²) in [4.78, 5) is 20.6. The van der Waals surface area contributed by atoms with Gasteiger partial charge in [-0.1, -0.05) is 0 Å². The summed E-state index contributed by atoms with van der Waals surface area (Å²) < 4.78 is 0.294. The van der Waals surface area contributed by atoms with Crippen LogP contribution in [-0.4, -0.2) is 11.8 Å². The molecule has 1 aliphatic rings. The molecule has 1 N–H and O–H groups in total. The van der Waals surface area contributed by atoms with Gasteiger partial charge in [-0.2, -0.15) is 0 Å². The zero-order valence-corrected chi connectivity index (χ0v) is 5.36. The minimum atomic E-state index is -0.366. The molecule has 8 heavy (non-hydrogen) atoms. The van der Waals surface area contributed by atoms with E-state index in [1.807, 2.05) is 5.32 Å². The van der Waals surface area contributed by atoms with Crippen molar-refractivity contribution in [2.45, 2.75) is 0 Å². The first-order chi connectivity index (χ1) is 3.70. The summed E-state index contributed by atoms with van der Waals surface area (Å²) in [5, 5.41) is 2.05. The fourth-order valence-electron chi connectivity index (χ4n) is 0.388. The lowest BCUT2D eigenvalue weighted by atomic mass is 10.6. The van der Waals surface area contributed by atoms with Crippen molar-refractivity contribution < 1.29 is 9.59 Å². The van der Waals surface area contributed by atoms with Gasteiger partial charge >= 0.3 is 0 Å². The maximum absolute atomic E-state index is 10.3. The first-order valence-corrected chi connectivity index (χ1v) is 2.72. The Hall–Kier alpha value is -0.640. The molecule has 0 saturated heterocycles. The molecule has 0 unspecified atom stereocenters. The van der Waals surface area contributed by atoms with Crippen LogP contribution < -0.4 is 5.32 Å². The van der Waals surface area contributed by atoms with Crippen LogP contribution in [-0.2, 0) is 9.59 Å². The standard InChI is InChI=1S/C4H2BrNO2/c5-2-1-3(7)6-4(2)8/h1H,(H,6,7,8). The Morgan fingerprint density at radius 3 is 2.25 bits per heavy atom. The number of amides is 2. The fourth-order valence-corrected chi connectivity index (χ4v) is 0.695. The Labute approximate surface area is 53.9 Å². The number of halogens is 1. The van der Waals surface area contributed by atoms with Gasteiger partial charge in [-0.15, -0.1) is 0 Å². The van der Waals surface area contributed by atoms with Gasteiger partial charge < -0.3 is 0 Å². The molecule has 1 heterocycles. The van der Waals surface area contributed by atoms with E-state index in [-0.39, 0.29) is 11.8 Å². The van der Waals surface area contributed by atoms with Crippen LogP contribution in [0.25, 0.3) is 0 Å². The normalized spacial score (nSPS) is 18.4. The Morgan fingerprint density at radius 2 is 2.12 bits per heavy atom. The molecular weight excluding hydrogens is 174 g/mol. The fraction of sp³-hybridized carbons (Fsp3) is 0. The molecule has 0 aromatic heterocycles. The monoisotopic (exact) mass is 175 g/mol. The van der Waals surface area contributed by atoms with Gasteiger partial charge in [0, 0.05) is 6.08 Å². The Morgan fingerprint density at radius 1 is 1.50 bits per heavy atom. The lowest BCUT2D eigenvalue weighted by Crippen LogP contribution is -2.21. The second-order valence-corrected chi connectivity index (χ2v) is 2.16. The van der Waals surface area contributed by atoms with Crippen LogP contribution in [0, 0.1) is 0 Å². The van der Waals surface area contributed by atoms with E-state index in [0.717, 1.165) is 0 Å². The highest BCUT2D eigenvalue weighted by Crippen LogP contribution is 2.08. The lowest BCUT2D eigenvalue weighted by Gasteiger charge is -1.83. The van der Waals surface area contributed by atoms with Gasteiger partial charge in [0.2, 0.25) is 0 Å². The van der Waals surface area contributed by atoms with Gasteiger partial charge in [-0.25, -0.2) is 0 Å². The second-order valence-electron chi connectivity index (χ2n) is 1.31. The molecule has 0 aromatic carbocycles. The largest absolute Gasteiger partial charge is 0.288 e. The summed E-state index contributed by atoms with van der Waals surface area (Å²) >= 11 is 2.87. The highest BCUT2D eigenvalue weighted by Gasteiger charge is 2.16. The van der Waals surface area contributed by atoms with Gasteiger partial charge in [0.25, 0.3) is 11.8 Å². The highest BCUT2D eigenvalue weighted by molar-refractivity contribution is 9.12. The summed E-state index contributed by atoms with van der Waals surface area (Å²) in [6, 6.07) is 0. The molecule has 1 rings (SSSR count). The number of nitrogens with one attached hydrogen (secondary N) is 1.